The van der Waals surface area contributed by atoms with Crippen LogP contribution in [0.4, 0.5) is 0 Å². The van der Waals surface area contributed by atoms with Crippen LogP contribution in [-0.4, -0.2) is 34.0 Å². The van der Waals surface area contributed by atoms with Gasteiger partial charge in [-0.15, -0.1) is 0 Å². The molecule has 0 bridgehead atoms. The molecule has 1 aliphatic carbocycles. The molecule has 18 heavy (non-hydrogen) atoms. The summed E-state index contributed by atoms with van der Waals surface area (Å²) in [6.07, 6.45) is 4.05. The quantitative estimate of drug-likeness (QED) is 0.779. The van der Waals surface area contributed by atoms with Gasteiger partial charge >= 0.3 is 5.97 Å². The van der Waals surface area contributed by atoms with Gasteiger partial charge in [0, 0.05) is 23.5 Å². The average molecular weight is 273 g/mol. The summed E-state index contributed by atoms with van der Waals surface area (Å²) in [7, 11) is 0. The Hall–Kier alpha value is -0.710. The van der Waals surface area contributed by atoms with Gasteiger partial charge in [0.2, 0.25) is 5.91 Å². The highest BCUT2D eigenvalue weighted by atomic mass is 32.2. The number of rotatable bonds is 6. The fourth-order valence-corrected chi connectivity index (χ4v) is 3.43. The molecule has 0 saturated heterocycles. The summed E-state index contributed by atoms with van der Waals surface area (Å²) in [4.78, 5) is 22.2. The molecule has 4 nitrogen and oxygen atoms in total. The van der Waals surface area contributed by atoms with E-state index in [9.17, 15) is 9.59 Å². The molecule has 0 aromatic heterocycles. The van der Waals surface area contributed by atoms with Crippen molar-refractivity contribution in [3.63, 3.8) is 0 Å². The zero-order valence-electron chi connectivity index (χ0n) is 11.1. The molecule has 1 amide bonds. The largest absolute Gasteiger partial charge is 0.481 e. The Morgan fingerprint density at radius 3 is 2.39 bits per heavy atom. The molecule has 0 atom stereocenters. The second-order valence-electron chi connectivity index (χ2n) is 5.15. The van der Waals surface area contributed by atoms with Gasteiger partial charge in [0.15, 0.2) is 0 Å². The molecular weight excluding hydrogens is 250 g/mol. The Kier molecular flexibility index (Phi) is 6.54. The van der Waals surface area contributed by atoms with E-state index in [0.29, 0.717) is 11.7 Å². The minimum atomic E-state index is -0.658. The number of carboxylic acid groups (broad SMARTS) is 1. The van der Waals surface area contributed by atoms with E-state index in [4.69, 9.17) is 5.11 Å². The highest BCUT2D eigenvalue weighted by Crippen LogP contribution is 2.32. The van der Waals surface area contributed by atoms with Crippen molar-refractivity contribution < 1.29 is 14.7 Å². The average Bonchev–Trinajstić information content (AvgIpc) is 2.28. The number of thioether (sulfide) groups is 1. The van der Waals surface area contributed by atoms with Crippen LogP contribution in [0.2, 0.25) is 0 Å². The van der Waals surface area contributed by atoms with Gasteiger partial charge in [-0.05, 0) is 39.5 Å². The molecule has 5 heteroatoms. The van der Waals surface area contributed by atoms with Crippen molar-refractivity contribution in [2.75, 3.05) is 5.75 Å². The van der Waals surface area contributed by atoms with Crippen molar-refractivity contribution in [1.29, 1.82) is 0 Å². The maximum atomic E-state index is 11.4. The van der Waals surface area contributed by atoms with Crippen LogP contribution in [0.5, 0.6) is 0 Å². The van der Waals surface area contributed by atoms with Crippen molar-refractivity contribution in [1.82, 2.24) is 5.32 Å². The lowest BCUT2D eigenvalue weighted by Crippen LogP contribution is -2.30. The molecule has 2 N–H and O–H groups in total. The Balaban J connectivity index is 2.11. The van der Waals surface area contributed by atoms with E-state index in [-0.39, 0.29) is 17.9 Å². The van der Waals surface area contributed by atoms with E-state index < -0.39 is 5.97 Å². The normalized spacial score (nSPS) is 23.9. The summed E-state index contributed by atoms with van der Waals surface area (Å²) < 4.78 is 0. The first kappa shape index (κ1) is 15.3. The molecule has 1 rings (SSSR count). The number of carbonyl (C=O) groups is 2. The zero-order chi connectivity index (χ0) is 13.5. The van der Waals surface area contributed by atoms with Crippen LogP contribution in [-0.2, 0) is 9.59 Å². The van der Waals surface area contributed by atoms with E-state index in [1.54, 1.807) is 0 Å². The third-order valence-corrected chi connectivity index (χ3v) is 4.54. The topological polar surface area (TPSA) is 66.4 Å². The summed E-state index contributed by atoms with van der Waals surface area (Å²) >= 11 is 1.81. The fraction of sp³-hybridized carbons (Fsp3) is 0.846. The standard InChI is InChI=1S/C13H23NO3S/c1-9(2)14-12(15)7-8-18-11-5-3-10(4-6-11)13(16)17/h9-11H,3-8H2,1-2H3,(H,14,15)(H,16,17). The van der Waals surface area contributed by atoms with Crippen LogP contribution >= 0.6 is 11.8 Å². The van der Waals surface area contributed by atoms with Crippen LogP contribution in [0.1, 0.15) is 46.0 Å². The first-order valence-corrected chi connectivity index (χ1v) is 7.67. The van der Waals surface area contributed by atoms with Crippen LogP contribution in [0, 0.1) is 5.92 Å². The van der Waals surface area contributed by atoms with Gasteiger partial charge in [0.25, 0.3) is 0 Å². The van der Waals surface area contributed by atoms with Gasteiger partial charge in [0.05, 0.1) is 5.92 Å². The summed E-state index contributed by atoms with van der Waals surface area (Å²) in [5, 5.41) is 12.3. The van der Waals surface area contributed by atoms with Crippen molar-refractivity contribution in [3.8, 4) is 0 Å². The van der Waals surface area contributed by atoms with Crippen molar-refractivity contribution in [2.24, 2.45) is 5.92 Å². The Bertz CT molecular complexity index is 286. The number of carbonyl (C=O) groups excluding carboxylic acids is 1. The first-order valence-electron chi connectivity index (χ1n) is 6.62. The predicted octanol–water partition coefficient (Wildman–Crippen LogP) is 2.28. The van der Waals surface area contributed by atoms with E-state index in [2.05, 4.69) is 5.32 Å². The highest BCUT2D eigenvalue weighted by Gasteiger charge is 2.25. The number of aliphatic carboxylic acids is 1. The molecule has 0 radical (unpaired) electrons. The Morgan fingerprint density at radius 2 is 1.89 bits per heavy atom. The van der Waals surface area contributed by atoms with Crippen LogP contribution in [0.25, 0.3) is 0 Å². The summed E-state index contributed by atoms with van der Waals surface area (Å²) in [6.45, 7) is 3.91. The number of hydrogen-bond donors (Lipinski definition) is 2. The molecule has 0 spiro atoms. The monoisotopic (exact) mass is 273 g/mol. The lowest BCUT2D eigenvalue weighted by atomic mass is 9.89. The Morgan fingerprint density at radius 1 is 1.28 bits per heavy atom. The van der Waals surface area contributed by atoms with Gasteiger partial charge < -0.3 is 10.4 Å². The Labute approximate surface area is 113 Å². The van der Waals surface area contributed by atoms with Crippen LogP contribution in [0.3, 0.4) is 0 Å². The second-order valence-corrected chi connectivity index (χ2v) is 6.56. The molecule has 1 aliphatic rings. The van der Waals surface area contributed by atoms with Gasteiger partial charge in [-0.2, -0.15) is 11.8 Å². The molecule has 0 unspecified atom stereocenters. The molecule has 1 fully saturated rings. The minimum absolute atomic E-state index is 0.108. The molecule has 0 aromatic rings. The molecular formula is C13H23NO3S. The third kappa shape index (κ3) is 5.76. The summed E-state index contributed by atoms with van der Waals surface area (Å²) in [5.41, 5.74) is 0. The van der Waals surface area contributed by atoms with E-state index in [0.717, 1.165) is 31.4 Å². The third-order valence-electron chi connectivity index (χ3n) is 3.16. The second kappa shape index (κ2) is 7.67. The summed E-state index contributed by atoms with van der Waals surface area (Å²) in [6, 6.07) is 0.202. The number of amides is 1. The maximum absolute atomic E-state index is 11.4. The van der Waals surface area contributed by atoms with E-state index >= 15 is 0 Å². The molecule has 104 valence electrons. The number of hydrogen-bond acceptors (Lipinski definition) is 3. The first-order chi connectivity index (χ1) is 8.49. The molecule has 0 heterocycles. The molecule has 0 aliphatic heterocycles. The van der Waals surface area contributed by atoms with Crippen molar-refractivity contribution >= 4 is 23.6 Å². The van der Waals surface area contributed by atoms with Crippen LogP contribution in [0.15, 0.2) is 0 Å². The minimum Gasteiger partial charge on any atom is -0.481 e. The van der Waals surface area contributed by atoms with Crippen LogP contribution < -0.4 is 5.32 Å². The number of carboxylic acids is 1. The molecule has 1 saturated carbocycles. The van der Waals surface area contributed by atoms with Crippen molar-refractivity contribution in [2.45, 2.75) is 57.2 Å². The zero-order valence-corrected chi connectivity index (χ0v) is 12.0. The van der Waals surface area contributed by atoms with Gasteiger partial charge in [-0.25, -0.2) is 0 Å². The highest BCUT2D eigenvalue weighted by molar-refractivity contribution is 7.99. The van der Waals surface area contributed by atoms with Gasteiger partial charge in [0.1, 0.15) is 0 Å². The molecule has 0 aromatic carbocycles. The van der Waals surface area contributed by atoms with Crippen molar-refractivity contribution in [3.05, 3.63) is 0 Å². The van der Waals surface area contributed by atoms with E-state index in [1.165, 1.54) is 0 Å². The predicted molar refractivity (Wildman–Crippen MR) is 73.7 cm³/mol. The number of nitrogens with one attached hydrogen (secondary N) is 1. The SMILES string of the molecule is CC(C)NC(=O)CCSC1CCC(C(=O)O)CC1. The van der Waals surface area contributed by atoms with E-state index in [1.807, 2.05) is 25.6 Å². The lowest BCUT2D eigenvalue weighted by Gasteiger charge is -2.25. The van der Waals surface area contributed by atoms with Gasteiger partial charge in [-0.1, -0.05) is 0 Å². The van der Waals surface area contributed by atoms with Gasteiger partial charge in [-0.3, -0.25) is 9.59 Å². The lowest BCUT2D eigenvalue weighted by molar-refractivity contribution is -0.142. The summed E-state index contributed by atoms with van der Waals surface area (Å²) in [5.74, 6) is 0.138. The fourth-order valence-electron chi connectivity index (χ4n) is 2.19. The smallest absolute Gasteiger partial charge is 0.306 e. The maximum Gasteiger partial charge on any atom is 0.306 e.